The van der Waals surface area contributed by atoms with Crippen LogP contribution in [-0.4, -0.2) is 9.78 Å². The molecule has 0 bridgehead atoms. The van der Waals surface area contributed by atoms with Gasteiger partial charge in [0.25, 0.3) is 0 Å². The minimum atomic E-state index is 0.333. The molecule has 0 fully saturated rings. The zero-order valence-corrected chi connectivity index (χ0v) is 9.33. The van der Waals surface area contributed by atoms with E-state index in [0.717, 1.165) is 5.69 Å². The van der Waals surface area contributed by atoms with Crippen molar-refractivity contribution in [2.45, 2.75) is 6.54 Å². The molecule has 1 heterocycles. The summed E-state index contributed by atoms with van der Waals surface area (Å²) in [6, 6.07) is 7.33. The van der Waals surface area contributed by atoms with Gasteiger partial charge in [0.15, 0.2) is 0 Å². The highest BCUT2D eigenvalue weighted by atomic mass is 35.5. The van der Waals surface area contributed by atoms with E-state index >= 15 is 0 Å². The van der Waals surface area contributed by atoms with E-state index in [4.69, 9.17) is 28.9 Å². The third-order valence-corrected chi connectivity index (χ3v) is 2.59. The molecular formula is C10H9Cl2N3. The van der Waals surface area contributed by atoms with Gasteiger partial charge in [-0.15, -0.1) is 0 Å². The molecule has 0 saturated heterocycles. The maximum Gasteiger partial charge on any atom is 0.0950 e. The van der Waals surface area contributed by atoms with Crippen molar-refractivity contribution >= 4 is 23.2 Å². The molecule has 0 aliphatic heterocycles. The number of nitrogens with two attached hydrogens (primary N) is 1. The van der Waals surface area contributed by atoms with Gasteiger partial charge < -0.3 is 5.73 Å². The molecule has 3 nitrogen and oxygen atoms in total. The first-order valence-corrected chi connectivity index (χ1v) is 5.16. The second kappa shape index (κ2) is 4.23. The van der Waals surface area contributed by atoms with Crippen LogP contribution in [0.1, 0.15) is 5.69 Å². The van der Waals surface area contributed by atoms with Crippen LogP contribution in [0.5, 0.6) is 0 Å². The Morgan fingerprint density at radius 2 is 1.87 bits per heavy atom. The Labute approximate surface area is 97.4 Å². The lowest BCUT2D eigenvalue weighted by Crippen LogP contribution is -2.00. The second-order valence-corrected chi connectivity index (χ2v) is 3.89. The van der Waals surface area contributed by atoms with Crippen LogP contribution in [0.2, 0.25) is 10.0 Å². The Hall–Kier alpha value is -1.03. The van der Waals surface area contributed by atoms with Gasteiger partial charge in [-0.3, -0.25) is 0 Å². The highest BCUT2D eigenvalue weighted by Crippen LogP contribution is 2.18. The average molecular weight is 242 g/mol. The highest BCUT2D eigenvalue weighted by molar-refractivity contribution is 6.31. The van der Waals surface area contributed by atoms with Gasteiger partial charge >= 0.3 is 0 Å². The molecule has 0 amide bonds. The van der Waals surface area contributed by atoms with Gasteiger partial charge in [0.1, 0.15) is 0 Å². The Bertz CT molecular complexity index is 462. The normalized spacial score (nSPS) is 10.6. The van der Waals surface area contributed by atoms with Crippen LogP contribution >= 0.6 is 23.2 Å². The quantitative estimate of drug-likeness (QED) is 0.879. The molecule has 1 aromatic heterocycles. The van der Waals surface area contributed by atoms with Crippen molar-refractivity contribution in [2.75, 3.05) is 0 Å². The van der Waals surface area contributed by atoms with Crippen LogP contribution < -0.4 is 5.73 Å². The van der Waals surface area contributed by atoms with E-state index in [-0.39, 0.29) is 0 Å². The summed E-state index contributed by atoms with van der Waals surface area (Å²) in [5.41, 5.74) is 7.08. The average Bonchev–Trinajstić information content (AvgIpc) is 2.61. The Balaban J connectivity index is 2.41. The minimum absolute atomic E-state index is 0.333. The summed E-state index contributed by atoms with van der Waals surface area (Å²) in [5, 5.41) is 5.51. The molecule has 2 N–H and O–H groups in total. The predicted molar refractivity (Wildman–Crippen MR) is 61.5 cm³/mol. The van der Waals surface area contributed by atoms with E-state index in [2.05, 4.69) is 5.10 Å². The monoisotopic (exact) mass is 241 g/mol. The van der Waals surface area contributed by atoms with Crippen molar-refractivity contribution in [1.29, 1.82) is 0 Å². The topological polar surface area (TPSA) is 43.8 Å². The van der Waals surface area contributed by atoms with Crippen LogP contribution in [0.15, 0.2) is 30.5 Å². The van der Waals surface area contributed by atoms with E-state index in [1.165, 1.54) is 0 Å². The van der Waals surface area contributed by atoms with E-state index in [0.29, 0.717) is 22.3 Å². The summed E-state index contributed by atoms with van der Waals surface area (Å²) in [6.45, 7) is 0.333. The lowest BCUT2D eigenvalue weighted by Gasteiger charge is -2.00. The SMILES string of the molecule is NCc1nn(-c2ccc(Cl)cc2)cc1Cl. The van der Waals surface area contributed by atoms with Crippen molar-refractivity contribution in [2.24, 2.45) is 5.73 Å². The molecule has 15 heavy (non-hydrogen) atoms. The van der Waals surface area contributed by atoms with Crippen molar-refractivity contribution in [3.05, 3.63) is 46.2 Å². The number of hydrogen-bond acceptors (Lipinski definition) is 2. The van der Waals surface area contributed by atoms with Gasteiger partial charge in [-0.05, 0) is 24.3 Å². The van der Waals surface area contributed by atoms with Crippen LogP contribution in [0.4, 0.5) is 0 Å². The zero-order valence-electron chi connectivity index (χ0n) is 7.82. The number of halogens is 2. The number of rotatable bonds is 2. The van der Waals surface area contributed by atoms with Crippen LogP contribution in [0.25, 0.3) is 5.69 Å². The first kappa shape index (κ1) is 10.5. The highest BCUT2D eigenvalue weighted by Gasteiger charge is 2.05. The third-order valence-electron chi connectivity index (χ3n) is 2.02. The van der Waals surface area contributed by atoms with E-state index < -0.39 is 0 Å². The lowest BCUT2D eigenvalue weighted by molar-refractivity contribution is 0.834. The fraction of sp³-hybridized carbons (Fsp3) is 0.100. The third kappa shape index (κ3) is 2.15. The Morgan fingerprint density at radius 3 is 2.40 bits per heavy atom. The Kier molecular flexibility index (Phi) is 2.95. The Morgan fingerprint density at radius 1 is 1.20 bits per heavy atom. The van der Waals surface area contributed by atoms with Gasteiger partial charge in [-0.25, -0.2) is 4.68 Å². The number of aromatic nitrogens is 2. The lowest BCUT2D eigenvalue weighted by atomic mass is 10.3. The van der Waals surface area contributed by atoms with Crippen LogP contribution in [0.3, 0.4) is 0 Å². The smallest absolute Gasteiger partial charge is 0.0950 e. The summed E-state index contributed by atoms with van der Waals surface area (Å²) in [4.78, 5) is 0. The number of nitrogens with zero attached hydrogens (tertiary/aromatic N) is 2. The van der Waals surface area contributed by atoms with Crippen molar-refractivity contribution in [1.82, 2.24) is 9.78 Å². The first-order valence-electron chi connectivity index (χ1n) is 4.41. The molecule has 0 atom stereocenters. The predicted octanol–water partition coefficient (Wildman–Crippen LogP) is 2.64. The van der Waals surface area contributed by atoms with Gasteiger partial charge in [0, 0.05) is 17.8 Å². The van der Waals surface area contributed by atoms with Gasteiger partial charge in [-0.1, -0.05) is 23.2 Å². The summed E-state index contributed by atoms with van der Waals surface area (Å²) in [6.07, 6.45) is 1.73. The fourth-order valence-corrected chi connectivity index (χ4v) is 1.59. The number of benzene rings is 1. The minimum Gasteiger partial charge on any atom is -0.325 e. The fourth-order valence-electron chi connectivity index (χ4n) is 1.25. The molecule has 1 aromatic carbocycles. The molecule has 0 unspecified atom stereocenters. The molecule has 0 radical (unpaired) electrons. The molecule has 5 heteroatoms. The molecule has 0 aliphatic rings. The van der Waals surface area contributed by atoms with E-state index in [9.17, 15) is 0 Å². The van der Waals surface area contributed by atoms with Crippen molar-refractivity contribution in [3.63, 3.8) is 0 Å². The molecule has 0 saturated carbocycles. The molecule has 0 spiro atoms. The van der Waals surface area contributed by atoms with Crippen LogP contribution in [-0.2, 0) is 6.54 Å². The van der Waals surface area contributed by atoms with Crippen LogP contribution in [0, 0.1) is 0 Å². The van der Waals surface area contributed by atoms with Crippen molar-refractivity contribution < 1.29 is 0 Å². The van der Waals surface area contributed by atoms with Gasteiger partial charge in [-0.2, -0.15) is 5.10 Å². The molecular weight excluding hydrogens is 233 g/mol. The molecule has 2 rings (SSSR count). The summed E-state index contributed by atoms with van der Waals surface area (Å²) in [7, 11) is 0. The maximum atomic E-state index is 5.94. The van der Waals surface area contributed by atoms with E-state index in [1.54, 1.807) is 23.0 Å². The molecule has 2 aromatic rings. The number of hydrogen-bond donors (Lipinski definition) is 1. The summed E-state index contributed by atoms with van der Waals surface area (Å²) in [5.74, 6) is 0. The summed E-state index contributed by atoms with van der Waals surface area (Å²) < 4.78 is 1.68. The van der Waals surface area contributed by atoms with E-state index in [1.807, 2.05) is 12.1 Å². The second-order valence-electron chi connectivity index (χ2n) is 3.05. The summed E-state index contributed by atoms with van der Waals surface area (Å²) >= 11 is 11.7. The molecule has 0 aliphatic carbocycles. The maximum absolute atomic E-state index is 5.94. The largest absolute Gasteiger partial charge is 0.325 e. The first-order chi connectivity index (χ1) is 7.20. The zero-order chi connectivity index (χ0) is 10.8. The molecule has 78 valence electrons. The standard InChI is InChI=1S/C10H9Cl2N3/c11-7-1-3-8(4-2-7)15-6-9(12)10(5-13)14-15/h1-4,6H,5,13H2. The van der Waals surface area contributed by atoms with Gasteiger partial charge in [0.2, 0.25) is 0 Å². The van der Waals surface area contributed by atoms with Gasteiger partial charge in [0.05, 0.1) is 16.4 Å². The van der Waals surface area contributed by atoms with Crippen molar-refractivity contribution in [3.8, 4) is 5.69 Å².